The van der Waals surface area contributed by atoms with Gasteiger partial charge in [0, 0.05) is 19.3 Å². The average Bonchev–Trinajstić information content (AvgIpc) is 2.41. The van der Waals surface area contributed by atoms with Crippen molar-refractivity contribution in [2.75, 3.05) is 19.8 Å². The molecule has 1 N–H and O–H groups in total. The van der Waals surface area contributed by atoms with Crippen LogP contribution < -0.4 is 5.32 Å². The summed E-state index contributed by atoms with van der Waals surface area (Å²) in [6.07, 6.45) is 6.30. The van der Waals surface area contributed by atoms with Gasteiger partial charge in [-0.2, -0.15) is 0 Å². The molecule has 1 aromatic rings. The van der Waals surface area contributed by atoms with Gasteiger partial charge in [-0.05, 0) is 49.3 Å². The Labute approximate surface area is 123 Å². The molecule has 0 amide bonds. The molecule has 1 aliphatic rings. The topological polar surface area (TPSA) is 21.3 Å². The molecule has 0 aromatic heterocycles. The molecule has 0 bridgehead atoms. The van der Waals surface area contributed by atoms with Crippen molar-refractivity contribution in [1.29, 1.82) is 0 Å². The summed E-state index contributed by atoms with van der Waals surface area (Å²) in [7, 11) is 0. The number of rotatable bonds is 9. The minimum absolute atomic E-state index is 0.428. The zero-order valence-electron chi connectivity index (χ0n) is 13.0. The first-order chi connectivity index (χ1) is 9.85. The average molecular weight is 275 g/mol. The van der Waals surface area contributed by atoms with Crippen LogP contribution in [0.15, 0.2) is 24.3 Å². The fourth-order valence-corrected chi connectivity index (χ4v) is 2.85. The minimum atomic E-state index is 0.428. The van der Waals surface area contributed by atoms with E-state index in [0.717, 1.165) is 38.5 Å². The van der Waals surface area contributed by atoms with Crippen molar-refractivity contribution in [2.24, 2.45) is 0 Å². The van der Waals surface area contributed by atoms with E-state index in [4.69, 9.17) is 4.74 Å². The quantitative estimate of drug-likeness (QED) is 0.674. The first kappa shape index (κ1) is 15.5. The fraction of sp³-hybridized carbons (Fsp3) is 0.667. The molecule has 112 valence electrons. The highest BCUT2D eigenvalue weighted by Gasteiger charge is 2.20. The molecule has 1 saturated carbocycles. The van der Waals surface area contributed by atoms with Gasteiger partial charge in [-0.25, -0.2) is 0 Å². The minimum Gasteiger partial charge on any atom is -0.381 e. The lowest BCUT2D eigenvalue weighted by molar-refractivity contribution is 0.124. The Morgan fingerprint density at radius 3 is 2.75 bits per heavy atom. The lowest BCUT2D eigenvalue weighted by Gasteiger charge is -2.27. The van der Waals surface area contributed by atoms with Crippen LogP contribution in [-0.4, -0.2) is 19.8 Å². The summed E-state index contributed by atoms with van der Waals surface area (Å²) in [5, 5.41) is 3.60. The summed E-state index contributed by atoms with van der Waals surface area (Å²) in [6, 6.07) is 9.62. The van der Waals surface area contributed by atoms with Crippen LogP contribution in [0.1, 0.15) is 69.0 Å². The van der Waals surface area contributed by atoms with Crippen molar-refractivity contribution in [3.05, 3.63) is 35.4 Å². The summed E-state index contributed by atoms with van der Waals surface area (Å²) < 4.78 is 5.65. The molecule has 1 aliphatic carbocycles. The normalized spacial score (nSPS) is 16.9. The van der Waals surface area contributed by atoms with Gasteiger partial charge in [0.2, 0.25) is 0 Å². The van der Waals surface area contributed by atoms with Gasteiger partial charge >= 0.3 is 0 Å². The number of hydrogen-bond donors (Lipinski definition) is 1. The van der Waals surface area contributed by atoms with E-state index in [0.29, 0.717) is 6.04 Å². The first-order valence-electron chi connectivity index (χ1n) is 8.26. The van der Waals surface area contributed by atoms with Crippen LogP contribution in [0.25, 0.3) is 0 Å². The Kier molecular flexibility index (Phi) is 6.55. The third-order valence-corrected chi connectivity index (χ3v) is 4.24. The van der Waals surface area contributed by atoms with E-state index < -0.39 is 0 Å². The van der Waals surface area contributed by atoms with Crippen LogP contribution in [0.3, 0.4) is 0 Å². The Balaban J connectivity index is 1.96. The van der Waals surface area contributed by atoms with Crippen molar-refractivity contribution in [3.63, 3.8) is 0 Å². The van der Waals surface area contributed by atoms with Gasteiger partial charge in [-0.15, -0.1) is 0 Å². The summed E-state index contributed by atoms with van der Waals surface area (Å²) in [4.78, 5) is 0. The first-order valence-corrected chi connectivity index (χ1v) is 8.26. The molecule has 0 heterocycles. The second-order valence-corrected chi connectivity index (χ2v) is 5.81. The summed E-state index contributed by atoms with van der Waals surface area (Å²) in [6.45, 7) is 7.06. The lowest BCUT2D eigenvalue weighted by atomic mass is 9.79. The molecule has 0 saturated heterocycles. The molecule has 0 spiro atoms. The van der Waals surface area contributed by atoms with E-state index in [1.807, 2.05) is 0 Å². The van der Waals surface area contributed by atoms with Crippen molar-refractivity contribution in [2.45, 2.75) is 57.9 Å². The van der Waals surface area contributed by atoms with E-state index >= 15 is 0 Å². The predicted octanol–water partition coefficient (Wildman–Crippen LogP) is 4.42. The van der Waals surface area contributed by atoms with Crippen molar-refractivity contribution < 1.29 is 4.74 Å². The second-order valence-electron chi connectivity index (χ2n) is 5.81. The van der Waals surface area contributed by atoms with Gasteiger partial charge in [-0.3, -0.25) is 0 Å². The fourth-order valence-electron chi connectivity index (χ4n) is 2.85. The molecule has 0 radical (unpaired) electrons. The van der Waals surface area contributed by atoms with Crippen LogP contribution in [-0.2, 0) is 4.74 Å². The third kappa shape index (κ3) is 4.32. The summed E-state index contributed by atoms with van der Waals surface area (Å²) >= 11 is 0. The zero-order valence-corrected chi connectivity index (χ0v) is 13.0. The molecule has 2 nitrogen and oxygen atoms in total. The lowest BCUT2D eigenvalue weighted by Crippen LogP contribution is -2.23. The molecule has 2 rings (SSSR count). The van der Waals surface area contributed by atoms with Crippen molar-refractivity contribution in [1.82, 2.24) is 5.32 Å². The van der Waals surface area contributed by atoms with Gasteiger partial charge in [0.05, 0.1) is 0 Å². The second kappa shape index (κ2) is 8.43. The molecule has 1 fully saturated rings. The molecule has 2 heteroatoms. The summed E-state index contributed by atoms with van der Waals surface area (Å²) in [5.41, 5.74) is 2.96. The Hall–Kier alpha value is -0.860. The smallest absolute Gasteiger partial charge is 0.0484 e. The van der Waals surface area contributed by atoms with E-state index in [1.54, 1.807) is 0 Å². The van der Waals surface area contributed by atoms with E-state index in [9.17, 15) is 0 Å². The maximum atomic E-state index is 5.65. The molecule has 20 heavy (non-hydrogen) atoms. The highest BCUT2D eigenvalue weighted by molar-refractivity contribution is 5.29. The Morgan fingerprint density at radius 2 is 2.10 bits per heavy atom. The van der Waals surface area contributed by atoms with E-state index in [-0.39, 0.29) is 0 Å². The predicted molar refractivity (Wildman–Crippen MR) is 85.2 cm³/mol. The van der Waals surface area contributed by atoms with Gasteiger partial charge in [0.1, 0.15) is 0 Å². The van der Waals surface area contributed by atoms with Crippen molar-refractivity contribution >= 4 is 0 Å². The molecule has 1 atom stereocenters. The highest BCUT2D eigenvalue weighted by Crippen LogP contribution is 2.37. The number of nitrogens with one attached hydrogen (secondary N) is 1. The van der Waals surface area contributed by atoms with Crippen LogP contribution >= 0.6 is 0 Å². The number of ether oxygens (including phenoxy) is 1. The monoisotopic (exact) mass is 275 g/mol. The van der Waals surface area contributed by atoms with Crippen molar-refractivity contribution in [3.8, 4) is 0 Å². The standard InChI is InChI=1S/C18H29NO/c1-3-12-20-13-11-18(19-4-2)17-10-6-9-16(14-17)15-7-5-8-15/h6,9-10,14-15,18-19H,3-5,7-8,11-13H2,1-2H3. The van der Waals surface area contributed by atoms with Gasteiger partial charge in [0.15, 0.2) is 0 Å². The third-order valence-electron chi connectivity index (χ3n) is 4.24. The molecular formula is C18H29NO. The molecular weight excluding hydrogens is 246 g/mol. The number of hydrogen-bond acceptors (Lipinski definition) is 2. The van der Waals surface area contributed by atoms with Crippen LogP contribution in [0, 0.1) is 0 Å². The van der Waals surface area contributed by atoms with Crippen LogP contribution in [0.4, 0.5) is 0 Å². The Bertz CT molecular complexity index is 387. The van der Waals surface area contributed by atoms with E-state index in [1.165, 1.54) is 30.4 Å². The zero-order chi connectivity index (χ0) is 14.2. The largest absolute Gasteiger partial charge is 0.381 e. The van der Waals surface area contributed by atoms with Gasteiger partial charge in [0.25, 0.3) is 0 Å². The number of benzene rings is 1. The SMILES string of the molecule is CCCOCCC(NCC)c1cccc(C2CCC2)c1. The maximum Gasteiger partial charge on any atom is 0.0484 e. The van der Waals surface area contributed by atoms with Crippen LogP contribution in [0.5, 0.6) is 0 Å². The summed E-state index contributed by atoms with van der Waals surface area (Å²) in [5.74, 6) is 0.813. The van der Waals surface area contributed by atoms with Gasteiger partial charge < -0.3 is 10.1 Å². The van der Waals surface area contributed by atoms with Crippen LogP contribution in [0.2, 0.25) is 0 Å². The van der Waals surface area contributed by atoms with E-state index in [2.05, 4.69) is 43.4 Å². The Morgan fingerprint density at radius 1 is 1.25 bits per heavy atom. The molecule has 0 aliphatic heterocycles. The highest BCUT2D eigenvalue weighted by atomic mass is 16.5. The molecule has 1 aromatic carbocycles. The maximum absolute atomic E-state index is 5.65. The molecule has 1 unspecified atom stereocenters. The van der Waals surface area contributed by atoms with Gasteiger partial charge in [-0.1, -0.05) is 44.5 Å².